The molecular weight excluding hydrogens is 727 g/mol. The van der Waals surface area contributed by atoms with Gasteiger partial charge in [-0.25, -0.2) is 0 Å². The van der Waals surface area contributed by atoms with E-state index in [1.165, 1.54) is 208 Å². The van der Waals surface area contributed by atoms with Gasteiger partial charge in [-0.15, -0.1) is 0 Å². The van der Waals surface area contributed by atoms with Gasteiger partial charge in [0, 0.05) is 5.57 Å². The highest BCUT2D eigenvalue weighted by atomic mass is 16.1. The standard InChI is InChI=1S/C58H91NO/c1-3-5-7-9-11-13-15-17-19-21-23-25-27-29-31-42-50-55(57(59)60)56(51-43-32-30-28-26-24-22-20-18-16-14-12-10-8-6-4-2)58(52-44-36-33-37-45-52,53-46-38-34-39-47-53)54-48-40-35-41-49-54/h33-41,44-49H,3-32,42-43,50-51H2,1-2H3,(H2,59,60)/b56-55+. The van der Waals surface area contributed by atoms with Crippen molar-refractivity contribution in [2.45, 2.75) is 238 Å². The minimum atomic E-state index is -0.599. The zero-order valence-electron chi connectivity index (χ0n) is 39.2. The Morgan fingerprint density at radius 3 is 0.833 bits per heavy atom. The Morgan fingerprint density at radius 2 is 0.583 bits per heavy atom. The second-order valence-corrected chi connectivity index (χ2v) is 18.3. The first-order valence-corrected chi connectivity index (χ1v) is 25.8. The number of benzene rings is 3. The number of carbonyl (C=O) groups is 1. The van der Waals surface area contributed by atoms with Gasteiger partial charge >= 0.3 is 0 Å². The van der Waals surface area contributed by atoms with Crippen molar-refractivity contribution in [3.63, 3.8) is 0 Å². The molecule has 2 N–H and O–H groups in total. The van der Waals surface area contributed by atoms with Gasteiger partial charge in [-0.3, -0.25) is 4.79 Å². The predicted octanol–water partition coefficient (Wildman–Crippen LogP) is 18.1. The molecular formula is C58H91NO. The molecule has 0 aromatic heterocycles. The molecule has 0 atom stereocenters. The van der Waals surface area contributed by atoms with Crippen LogP contribution in [0.4, 0.5) is 0 Å². The minimum absolute atomic E-state index is 0.241. The lowest BCUT2D eigenvalue weighted by atomic mass is 9.62. The van der Waals surface area contributed by atoms with Crippen LogP contribution in [-0.2, 0) is 10.2 Å². The molecule has 0 bridgehead atoms. The maximum atomic E-state index is 13.8. The largest absolute Gasteiger partial charge is 0.366 e. The second-order valence-electron chi connectivity index (χ2n) is 18.3. The van der Waals surface area contributed by atoms with E-state index < -0.39 is 5.41 Å². The van der Waals surface area contributed by atoms with Gasteiger partial charge in [-0.05, 0) is 47.9 Å². The van der Waals surface area contributed by atoms with Crippen LogP contribution in [0.1, 0.15) is 249 Å². The van der Waals surface area contributed by atoms with Gasteiger partial charge in [0.15, 0.2) is 0 Å². The lowest BCUT2D eigenvalue weighted by molar-refractivity contribution is -0.114. The normalized spacial score (nSPS) is 12.2. The first-order valence-electron chi connectivity index (χ1n) is 25.8. The Bertz CT molecular complexity index is 1360. The van der Waals surface area contributed by atoms with Crippen LogP contribution in [0.5, 0.6) is 0 Å². The van der Waals surface area contributed by atoms with Crippen molar-refractivity contribution in [3.8, 4) is 0 Å². The summed E-state index contributed by atoms with van der Waals surface area (Å²) in [6, 6.07) is 32.8. The Balaban J connectivity index is 1.63. The van der Waals surface area contributed by atoms with E-state index in [0.29, 0.717) is 0 Å². The van der Waals surface area contributed by atoms with Crippen LogP contribution >= 0.6 is 0 Å². The molecule has 3 aromatic rings. The highest BCUT2D eigenvalue weighted by Gasteiger charge is 2.41. The average molecular weight is 818 g/mol. The van der Waals surface area contributed by atoms with Crippen molar-refractivity contribution >= 4 is 5.91 Å². The van der Waals surface area contributed by atoms with E-state index >= 15 is 0 Å². The van der Waals surface area contributed by atoms with Gasteiger partial charge in [-0.1, -0.05) is 297 Å². The Kier molecular flexibility index (Phi) is 29.4. The lowest BCUT2D eigenvalue weighted by Gasteiger charge is -2.40. The van der Waals surface area contributed by atoms with Gasteiger partial charge in [0.1, 0.15) is 0 Å². The van der Waals surface area contributed by atoms with E-state index in [-0.39, 0.29) is 5.91 Å². The fraction of sp³-hybridized carbons (Fsp3) is 0.638. The second kappa shape index (κ2) is 34.5. The number of primary amides is 1. The molecule has 0 aliphatic heterocycles. The number of amides is 1. The third-order valence-electron chi connectivity index (χ3n) is 13.3. The molecule has 2 heteroatoms. The molecule has 0 saturated heterocycles. The molecule has 0 saturated carbocycles. The summed E-state index contributed by atoms with van der Waals surface area (Å²) in [4.78, 5) is 13.8. The summed E-state index contributed by atoms with van der Waals surface area (Å²) in [5.74, 6) is -0.241. The SMILES string of the molecule is CCCCCCCCCCCCCCCCCC/C(C(N)=O)=C(/CCCCCCCCCCCCCCCCCC)C(c1ccccc1)(c1ccccc1)c1ccccc1. The molecule has 3 rings (SSSR count). The number of nitrogens with two attached hydrogens (primary N) is 1. The molecule has 0 aliphatic carbocycles. The topological polar surface area (TPSA) is 43.1 Å². The molecule has 3 aromatic carbocycles. The first-order chi connectivity index (χ1) is 29.7. The van der Waals surface area contributed by atoms with Crippen molar-refractivity contribution in [2.75, 3.05) is 0 Å². The summed E-state index contributed by atoms with van der Waals surface area (Å²) in [7, 11) is 0. The van der Waals surface area contributed by atoms with Crippen molar-refractivity contribution in [2.24, 2.45) is 5.73 Å². The molecule has 1 amide bonds. The molecule has 2 nitrogen and oxygen atoms in total. The zero-order valence-corrected chi connectivity index (χ0v) is 39.2. The maximum Gasteiger partial charge on any atom is 0.244 e. The van der Waals surface area contributed by atoms with Crippen molar-refractivity contribution < 1.29 is 4.79 Å². The highest BCUT2D eigenvalue weighted by molar-refractivity contribution is 5.94. The van der Waals surface area contributed by atoms with Crippen LogP contribution in [0, 0.1) is 0 Å². The molecule has 0 unspecified atom stereocenters. The van der Waals surface area contributed by atoms with E-state index in [2.05, 4.69) is 105 Å². The zero-order chi connectivity index (χ0) is 42.6. The Morgan fingerprint density at radius 1 is 0.350 bits per heavy atom. The molecule has 0 spiro atoms. The smallest absolute Gasteiger partial charge is 0.244 e. The summed E-state index contributed by atoms with van der Waals surface area (Å²) in [6.07, 6.45) is 44.7. The molecule has 60 heavy (non-hydrogen) atoms. The van der Waals surface area contributed by atoms with Gasteiger partial charge in [0.05, 0.1) is 5.41 Å². The molecule has 0 radical (unpaired) electrons. The van der Waals surface area contributed by atoms with E-state index in [0.717, 1.165) is 37.7 Å². The van der Waals surface area contributed by atoms with E-state index in [1.807, 2.05) is 0 Å². The third-order valence-corrected chi connectivity index (χ3v) is 13.3. The van der Waals surface area contributed by atoms with E-state index in [4.69, 9.17) is 5.73 Å². The first kappa shape index (κ1) is 51.2. The van der Waals surface area contributed by atoms with Crippen molar-refractivity contribution in [1.82, 2.24) is 0 Å². The molecule has 0 aliphatic rings. The summed E-state index contributed by atoms with van der Waals surface area (Å²) < 4.78 is 0. The average Bonchev–Trinajstić information content (AvgIpc) is 3.28. The van der Waals surface area contributed by atoms with E-state index in [9.17, 15) is 4.79 Å². The third kappa shape index (κ3) is 20.2. The van der Waals surface area contributed by atoms with E-state index in [1.54, 1.807) is 0 Å². The number of allylic oxidation sites excluding steroid dienone is 1. The summed E-state index contributed by atoms with van der Waals surface area (Å²) in [5.41, 5.74) is 11.6. The number of hydrogen-bond acceptors (Lipinski definition) is 1. The molecule has 334 valence electrons. The summed E-state index contributed by atoms with van der Waals surface area (Å²) in [6.45, 7) is 4.60. The molecule has 0 heterocycles. The van der Waals surface area contributed by atoms with Crippen LogP contribution in [0.3, 0.4) is 0 Å². The van der Waals surface area contributed by atoms with Crippen molar-refractivity contribution in [1.29, 1.82) is 0 Å². The maximum absolute atomic E-state index is 13.8. The highest BCUT2D eigenvalue weighted by Crippen LogP contribution is 2.49. The molecule has 0 fully saturated rings. The van der Waals surface area contributed by atoms with Gasteiger partial charge in [0.2, 0.25) is 5.91 Å². The van der Waals surface area contributed by atoms with Gasteiger partial charge in [-0.2, -0.15) is 0 Å². The van der Waals surface area contributed by atoms with Crippen LogP contribution in [0.15, 0.2) is 102 Å². The van der Waals surface area contributed by atoms with Gasteiger partial charge < -0.3 is 5.73 Å². The van der Waals surface area contributed by atoms with Crippen LogP contribution in [0.2, 0.25) is 0 Å². The Labute approximate surface area is 371 Å². The van der Waals surface area contributed by atoms with Gasteiger partial charge in [0.25, 0.3) is 0 Å². The van der Waals surface area contributed by atoms with Crippen LogP contribution in [0.25, 0.3) is 0 Å². The number of unbranched alkanes of at least 4 members (excludes halogenated alkanes) is 30. The quantitative estimate of drug-likeness (QED) is 0.0348. The predicted molar refractivity (Wildman–Crippen MR) is 264 cm³/mol. The Hall–Kier alpha value is -3.13. The van der Waals surface area contributed by atoms with Crippen LogP contribution in [-0.4, -0.2) is 5.91 Å². The van der Waals surface area contributed by atoms with Crippen molar-refractivity contribution in [3.05, 3.63) is 119 Å². The summed E-state index contributed by atoms with van der Waals surface area (Å²) in [5, 5.41) is 0. The fourth-order valence-corrected chi connectivity index (χ4v) is 9.77. The minimum Gasteiger partial charge on any atom is -0.366 e. The number of rotatable bonds is 39. The monoisotopic (exact) mass is 818 g/mol. The number of carbonyl (C=O) groups excluding carboxylic acids is 1. The van der Waals surface area contributed by atoms with Crippen LogP contribution < -0.4 is 5.73 Å². The summed E-state index contributed by atoms with van der Waals surface area (Å²) >= 11 is 0. The fourth-order valence-electron chi connectivity index (χ4n) is 9.77. The number of hydrogen-bond donors (Lipinski definition) is 1. The lowest BCUT2D eigenvalue weighted by Crippen LogP contribution is -2.35.